The maximum Gasteiger partial charge on any atom is 0.123 e. The van der Waals surface area contributed by atoms with Crippen molar-refractivity contribution in [2.75, 3.05) is 19.8 Å². The number of morpholine rings is 1. The first-order valence-corrected chi connectivity index (χ1v) is 6.48. The van der Waals surface area contributed by atoms with Gasteiger partial charge in [-0.2, -0.15) is 0 Å². The maximum absolute atomic E-state index is 5.71. The summed E-state index contributed by atoms with van der Waals surface area (Å²) in [6.07, 6.45) is 1.72. The summed E-state index contributed by atoms with van der Waals surface area (Å²) in [6.45, 7) is 7.60. The summed E-state index contributed by atoms with van der Waals surface area (Å²) in [5.41, 5.74) is 7.56. The third kappa shape index (κ3) is 2.85. The summed E-state index contributed by atoms with van der Waals surface area (Å²) in [5, 5.41) is 0. The van der Waals surface area contributed by atoms with Crippen molar-refractivity contribution in [3.8, 4) is 0 Å². The smallest absolute Gasteiger partial charge is 0.123 e. The Kier molecular flexibility index (Phi) is 3.94. The molecule has 1 aromatic rings. The molecule has 0 aromatic carbocycles. The van der Waals surface area contributed by atoms with Gasteiger partial charge in [0.15, 0.2) is 0 Å². The summed E-state index contributed by atoms with van der Waals surface area (Å²) in [7, 11) is 0. The molecule has 0 amide bonds. The van der Waals surface area contributed by atoms with Crippen LogP contribution < -0.4 is 5.73 Å². The zero-order valence-electron chi connectivity index (χ0n) is 10.8. The van der Waals surface area contributed by atoms with Crippen LogP contribution in [-0.2, 0) is 11.3 Å². The van der Waals surface area contributed by atoms with E-state index in [9.17, 15) is 0 Å². The summed E-state index contributed by atoms with van der Waals surface area (Å²) in [4.78, 5) is 7.01. The first-order valence-electron chi connectivity index (χ1n) is 6.07. The Hall–Kier alpha value is -1.04. The molecule has 0 unspecified atom stereocenters. The second kappa shape index (κ2) is 5.30. The topological polar surface area (TPSA) is 51.4 Å². The van der Waals surface area contributed by atoms with Gasteiger partial charge in [-0.3, -0.25) is 9.88 Å². The van der Waals surface area contributed by atoms with Crippen molar-refractivity contribution in [3.63, 3.8) is 0 Å². The predicted octanol–water partition coefficient (Wildman–Crippen LogP) is 1.33. The largest absolute Gasteiger partial charge is 0.388 e. The number of rotatable bonds is 3. The van der Waals surface area contributed by atoms with Crippen LogP contribution in [-0.4, -0.2) is 40.2 Å². The van der Waals surface area contributed by atoms with Crippen LogP contribution in [0.3, 0.4) is 0 Å². The van der Waals surface area contributed by atoms with Crippen molar-refractivity contribution in [2.24, 2.45) is 5.73 Å². The molecule has 4 nitrogen and oxygen atoms in total. The van der Waals surface area contributed by atoms with Crippen molar-refractivity contribution in [3.05, 3.63) is 29.6 Å². The minimum Gasteiger partial charge on any atom is -0.388 e. The van der Waals surface area contributed by atoms with Crippen LogP contribution in [0.1, 0.15) is 25.1 Å². The minimum atomic E-state index is 0.0293. The molecule has 18 heavy (non-hydrogen) atoms. The Labute approximate surface area is 113 Å². The Bertz CT molecular complexity index is 448. The highest BCUT2D eigenvalue weighted by atomic mass is 32.1. The van der Waals surface area contributed by atoms with Crippen LogP contribution in [0, 0.1) is 0 Å². The van der Waals surface area contributed by atoms with Crippen LogP contribution in [0.15, 0.2) is 18.3 Å². The second-order valence-corrected chi connectivity index (χ2v) is 5.60. The van der Waals surface area contributed by atoms with E-state index in [0.29, 0.717) is 4.99 Å². The molecule has 0 aliphatic carbocycles. The van der Waals surface area contributed by atoms with E-state index in [1.54, 1.807) is 6.20 Å². The number of hydrogen-bond donors (Lipinski definition) is 1. The van der Waals surface area contributed by atoms with E-state index in [1.807, 2.05) is 12.1 Å². The molecule has 2 rings (SSSR count). The molecule has 0 saturated carbocycles. The predicted molar refractivity (Wildman–Crippen MR) is 75.4 cm³/mol. The molecule has 1 saturated heterocycles. The average molecular weight is 265 g/mol. The maximum atomic E-state index is 5.71. The third-order valence-corrected chi connectivity index (χ3v) is 3.50. The normalized spacial score (nSPS) is 19.7. The van der Waals surface area contributed by atoms with Gasteiger partial charge >= 0.3 is 0 Å². The molecule has 5 heteroatoms. The lowest BCUT2D eigenvalue weighted by Crippen LogP contribution is -2.52. The molecule has 2 N–H and O–H groups in total. The van der Waals surface area contributed by atoms with E-state index in [4.69, 9.17) is 22.7 Å². The van der Waals surface area contributed by atoms with Gasteiger partial charge < -0.3 is 10.5 Å². The van der Waals surface area contributed by atoms with E-state index in [-0.39, 0.29) is 5.54 Å². The highest BCUT2D eigenvalue weighted by molar-refractivity contribution is 7.80. The number of nitrogens with two attached hydrogens (primary N) is 1. The molecule has 0 radical (unpaired) electrons. The molecule has 1 aliphatic rings. The van der Waals surface area contributed by atoms with Gasteiger partial charge in [0.1, 0.15) is 10.7 Å². The van der Waals surface area contributed by atoms with E-state index in [1.165, 1.54) is 0 Å². The van der Waals surface area contributed by atoms with Crippen molar-refractivity contribution in [2.45, 2.75) is 25.9 Å². The molecule has 1 aliphatic heterocycles. The van der Waals surface area contributed by atoms with Crippen LogP contribution in [0.4, 0.5) is 0 Å². The van der Waals surface area contributed by atoms with Gasteiger partial charge in [-0.05, 0) is 25.5 Å². The number of aromatic nitrogens is 1. The van der Waals surface area contributed by atoms with Gasteiger partial charge in [0.2, 0.25) is 0 Å². The van der Waals surface area contributed by atoms with Crippen molar-refractivity contribution < 1.29 is 4.74 Å². The minimum absolute atomic E-state index is 0.0293. The fourth-order valence-corrected chi connectivity index (χ4v) is 2.36. The lowest BCUT2D eigenvalue weighted by Gasteiger charge is -2.42. The first-order chi connectivity index (χ1) is 8.50. The van der Waals surface area contributed by atoms with Gasteiger partial charge in [-0.15, -0.1) is 0 Å². The highest BCUT2D eigenvalue weighted by Gasteiger charge is 2.30. The third-order valence-electron chi connectivity index (χ3n) is 3.30. The summed E-state index contributed by atoms with van der Waals surface area (Å²) in [5.74, 6) is 0. The zero-order chi connectivity index (χ0) is 13.2. The lowest BCUT2D eigenvalue weighted by molar-refractivity contribution is -0.0553. The van der Waals surface area contributed by atoms with E-state index in [2.05, 4.69) is 23.7 Å². The van der Waals surface area contributed by atoms with E-state index in [0.717, 1.165) is 37.6 Å². The summed E-state index contributed by atoms with van der Waals surface area (Å²) in [6, 6.07) is 3.96. The molecule has 0 bridgehead atoms. The SMILES string of the molecule is CC1(C)COCCN1Cc1cccnc1C(N)=S. The van der Waals surface area contributed by atoms with Crippen molar-refractivity contribution in [1.29, 1.82) is 0 Å². The number of thiocarbonyl (C=S) groups is 1. The molecule has 0 atom stereocenters. The van der Waals surface area contributed by atoms with Crippen molar-refractivity contribution >= 4 is 17.2 Å². The molecule has 1 fully saturated rings. The number of pyridine rings is 1. The van der Waals surface area contributed by atoms with Gasteiger partial charge in [-0.25, -0.2) is 0 Å². The quantitative estimate of drug-likeness (QED) is 0.836. The molecule has 2 heterocycles. The Morgan fingerprint density at radius 2 is 2.39 bits per heavy atom. The van der Waals surface area contributed by atoms with Crippen molar-refractivity contribution in [1.82, 2.24) is 9.88 Å². The van der Waals surface area contributed by atoms with Crippen LogP contribution in [0.25, 0.3) is 0 Å². The van der Waals surface area contributed by atoms with Gasteiger partial charge in [0.25, 0.3) is 0 Å². The van der Waals surface area contributed by atoms with E-state index >= 15 is 0 Å². The van der Waals surface area contributed by atoms with Gasteiger partial charge in [-0.1, -0.05) is 18.3 Å². The monoisotopic (exact) mass is 265 g/mol. The van der Waals surface area contributed by atoms with Gasteiger partial charge in [0, 0.05) is 24.8 Å². The summed E-state index contributed by atoms with van der Waals surface area (Å²) >= 11 is 5.05. The standard InChI is InChI=1S/C13H19N3OS/c1-13(2)9-17-7-6-16(13)8-10-4-3-5-15-11(10)12(14)18/h3-5H,6-9H2,1-2H3,(H2,14,18). The Morgan fingerprint density at radius 3 is 3.06 bits per heavy atom. The van der Waals surface area contributed by atoms with E-state index < -0.39 is 0 Å². The molecular formula is C13H19N3OS. The Balaban J connectivity index is 2.21. The molecule has 98 valence electrons. The summed E-state index contributed by atoms with van der Waals surface area (Å²) < 4.78 is 5.52. The highest BCUT2D eigenvalue weighted by Crippen LogP contribution is 2.22. The van der Waals surface area contributed by atoms with Crippen LogP contribution >= 0.6 is 12.2 Å². The number of nitrogens with zero attached hydrogens (tertiary/aromatic N) is 2. The average Bonchev–Trinajstić information content (AvgIpc) is 2.32. The lowest BCUT2D eigenvalue weighted by atomic mass is 10.0. The second-order valence-electron chi connectivity index (χ2n) is 5.16. The van der Waals surface area contributed by atoms with Crippen LogP contribution in [0.5, 0.6) is 0 Å². The first kappa shape index (κ1) is 13.4. The van der Waals surface area contributed by atoms with Crippen LogP contribution in [0.2, 0.25) is 0 Å². The number of hydrogen-bond acceptors (Lipinski definition) is 4. The fourth-order valence-electron chi connectivity index (χ4n) is 2.18. The zero-order valence-corrected chi connectivity index (χ0v) is 11.7. The number of ether oxygens (including phenoxy) is 1. The van der Waals surface area contributed by atoms with Gasteiger partial charge in [0.05, 0.1) is 13.2 Å². The Morgan fingerprint density at radius 1 is 1.61 bits per heavy atom. The molecule has 1 aromatic heterocycles. The molecular weight excluding hydrogens is 246 g/mol. The molecule has 0 spiro atoms. The fraction of sp³-hybridized carbons (Fsp3) is 0.538.